The molecule has 1 atom stereocenters. The molecule has 1 amide bonds. The van der Waals surface area contributed by atoms with E-state index in [2.05, 4.69) is 5.32 Å². The minimum atomic E-state index is -3.44. The van der Waals surface area contributed by atoms with Gasteiger partial charge in [-0.25, -0.2) is 12.7 Å². The van der Waals surface area contributed by atoms with E-state index in [4.69, 9.17) is 5.73 Å². The number of rotatable bonds is 5. The van der Waals surface area contributed by atoms with Crippen LogP contribution in [-0.2, 0) is 14.8 Å². The predicted octanol–water partition coefficient (Wildman–Crippen LogP) is 0.851. The number of hydrogen-bond donors (Lipinski definition) is 2. The number of nitrogens with zero attached hydrogens (tertiary/aromatic N) is 1. The van der Waals surface area contributed by atoms with Crippen LogP contribution in [0.1, 0.15) is 32.4 Å². The summed E-state index contributed by atoms with van der Waals surface area (Å²) >= 11 is 0. The molecule has 0 radical (unpaired) electrons. The molecule has 7 heteroatoms. The molecule has 1 aromatic carbocycles. The summed E-state index contributed by atoms with van der Waals surface area (Å²) < 4.78 is 25.1. The van der Waals surface area contributed by atoms with E-state index >= 15 is 0 Å². The topological polar surface area (TPSA) is 92.5 Å². The average molecular weight is 313 g/mol. The summed E-state index contributed by atoms with van der Waals surface area (Å²) in [6.07, 6.45) is 0. The number of nitrogens with two attached hydrogens (primary N) is 1. The molecule has 0 spiro atoms. The monoisotopic (exact) mass is 313 g/mol. The lowest BCUT2D eigenvalue weighted by Crippen LogP contribution is -2.49. The number of hydrogen-bond acceptors (Lipinski definition) is 4. The number of benzene rings is 1. The molecule has 0 aromatic heterocycles. The van der Waals surface area contributed by atoms with E-state index in [1.165, 1.54) is 26.2 Å². The fourth-order valence-electron chi connectivity index (χ4n) is 1.61. The number of carbonyl (C=O) groups excluding carboxylic acids is 1. The summed E-state index contributed by atoms with van der Waals surface area (Å²) in [5.74, 6) is -0.264. The lowest BCUT2D eigenvalue weighted by molar-refractivity contribution is -0.125. The van der Waals surface area contributed by atoms with Crippen LogP contribution in [0.2, 0.25) is 0 Å². The number of sulfonamides is 1. The Bertz CT molecular complexity index is 601. The van der Waals surface area contributed by atoms with E-state index in [1.807, 2.05) is 6.92 Å². The summed E-state index contributed by atoms with van der Waals surface area (Å²) in [5.41, 5.74) is 5.58. The quantitative estimate of drug-likeness (QED) is 0.843. The maximum Gasteiger partial charge on any atom is 0.242 e. The Morgan fingerprint density at radius 2 is 1.71 bits per heavy atom. The van der Waals surface area contributed by atoms with Crippen LogP contribution < -0.4 is 11.1 Å². The second-order valence-electron chi connectivity index (χ2n) is 5.77. The van der Waals surface area contributed by atoms with Gasteiger partial charge in [0, 0.05) is 14.1 Å². The molecule has 6 nitrogen and oxygen atoms in total. The van der Waals surface area contributed by atoms with Crippen molar-refractivity contribution in [3.8, 4) is 0 Å². The molecule has 118 valence electrons. The van der Waals surface area contributed by atoms with Crippen LogP contribution in [0, 0.1) is 0 Å². The van der Waals surface area contributed by atoms with Crippen LogP contribution in [0.4, 0.5) is 0 Å². The molecule has 0 saturated heterocycles. The Labute approximate surface area is 126 Å². The fraction of sp³-hybridized carbons (Fsp3) is 0.500. The van der Waals surface area contributed by atoms with Gasteiger partial charge in [-0.1, -0.05) is 12.1 Å². The van der Waals surface area contributed by atoms with E-state index in [0.717, 1.165) is 9.87 Å². The van der Waals surface area contributed by atoms with Crippen molar-refractivity contribution in [3.63, 3.8) is 0 Å². The van der Waals surface area contributed by atoms with Crippen LogP contribution in [0.25, 0.3) is 0 Å². The van der Waals surface area contributed by atoms with E-state index in [-0.39, 0.29) is 16.8 Å². The minimum absolute atomic E-state index is 0.217. The van der Waals surface area contributed by atoms with Gasteiger partial charge in [-0.15, -0.1) is 0 Å². The van der Waals surface area contributed by atoms with Gasteiger partial charge < -0.3 is 11.1 Å². The molecule has 0 aliphatic carbocycles. The molecule has 1 rings (SSSR count). The number of nitrogens with one attached hydrogen (secondary N) is 1. The molecule has 1 unspecified atom stereocenters. The van der Waals surface area contributed by atoms with Gasteiger partial charge >= 0.3 is 0 Å². The Kier molecular flexibility index (Phi) is 5.14. The van der Waals surface area contributed by atoms with Crippen LogP contribution in [0.3, 0.4) is 0 Å². The summed E-state index contributed by atoms with van der Waals surface area (Å²) in [5, 5.41) is 2.79. The highest BCUT2D eigenvalue weighted by molar-refractivity contribution is 7.89. The highest BCUT2D eigenvalue weighted by Crippen LogP contribution is 2.18. The van der Waals surface area contributed by atoms with E-state index in [1.54, 1.807) is 26.0 Å². The second kappa shape index (κ2) is 6.13. The first-order chi connectivity index (χ1) is 9.46. The van der Waals surface area contributed by atoms with Gasteiger partial charge in [0.1, 0.15) is 0 Å². The van der Waals surface area contributed by atoms with Crippen molar-refractivity contribution in [2.24, 2.45) is 5.73 Å². The molecule has 21 heavy (non-hydrogen) atoms. The molecule has 0 heterocycles. The number of carbonyl (C=O) groups is 1. The first-order valence-corrected chi connectivity index (χ1v) is 8.02. The third kappa shape index (κ3) is 4.26. The van der Waals surface area contributed by atoms with Gasteiger partial charge in [0.15, 0.2) is 0 Å². The zero-order chi connectivity index (χ0) is 16.4. The molecule has 0 fully saturated rings. The van der Waals surface area contributed by atoms with E-state index in [0.29, 0.717) is 0 Å². The number of amides is 1. The molecular formula is C14H23N3O3S. The molecular weight excluding hydrogens is 290 g/mol. The molecule has 1 aromatic rings. The Hall–Kier alpha value is -1.44. The van der Waals surface area contributed by atoms with Crippen molar-refractivity contribution in [2.75, 3.05) is 14.1 Å². The largest absolute Gasteiger partial charge is 0.348 e. The summed E-state index contributed by atoms with van der Waals surface area (Å²) in [6, 6.07) is 6.17. The predicted molar refractivity (Wildman–Crippen MR) is 82.1 cm³/mol. The third-order valence-corrected chi connectivity index (χ3v) is 4.92. The van der Waals surface area contributed by atoms with Crippen molar-refractivity contribution in [3.05, 3.63) is 29.8 Å². The molecule has 3 N–H and O–H groups in total. The van der Waals surface area contributed by atoms with Crippen LogP contribution in [0.5, 0.6) is 0 Å². The lowest BCUT2D eigenvalue weighted by Gasteiger charge is -2.22. The summed E-state index contributed by atoms with van der Waals surface area (Å²) in [6.45, 7) is 5.07. The molecule has 0 aliphatic heterocycles. The molecule has 0 bridgehead atoms. The van der Waals surface area contributed by atoms with Crippen molar-refractivity contribution >= 4 is 15.9 Å². The van der Waals surface area contributed by atoms with Crippen LogP contribution in [0.15, 0.2) is 29.2 Å². The summed E-state index contributed by atoms with van der Waals surface area (Å²) in [7, 11) is -0.477. The van der Waals surface area contributed by atoms with E-state index in [9.17, 15) is 13.2 Å². The van der Waals surface area contributed by atoms with Gasteiger partial charge in [-0.2, -0.15) is 0 Å². The molecule has 0 saturated carbocycles. The molecule has 0 aliphatic rings. The zero-order valence-corrected chi connectivity index (χ0v) is 13.9. The zero-order valence-electron chi connectivity index (χ0n) is 13.0. The maximum atomic E-state index is 12.0. The second-order valence-corrected chi connectivity index (χ2v) is 7.93. The van der Waals surface area contributed by atoms with Gasteiger partial charge in [0.05, 0.1) is 16.5 Å². The standard InChI is InChI=1S/C14H23N3O3S/c1-10(16-13(18)14(2,3)15)11-6-8-12(9-7-11)21(19,20)17(4)5/h6-10H,15H2,1-5H3,(H,16,18). The van der Waals surface area contributed by atoms with Gasteiger partial charge in [0.2, 0.25) is 15.9 Å². The SMILES string of the molecule is CC(NC(=O)C(C)(C)N)c1ccc(S(=O)(=O)N(C)C)cc1. The fourth-order valence-corrected chi connectivity index (χ4v) is 2.51. The minimum Gasteiger partial charge on any atom is -0.348 e. The van der Waals surface area contributed by atoms with Gasteiger partial charge in [-0.3, -0.25) is 4.79 Å². The van der Waals surface area contributed by atoms with Gasteiger partial charge in [-0.05, 0) is 38.5 Å². The van der Waals surface area contributed by atoms with Crippen molar-refractivity contribution in [1.82, 2.24) is 9.62 Å². The maximum absolute atomic E-state index is 12.0. The van der Waals surface area contributed by atoms with Crippen LogP contribution in [-0.4, -0.2) is 38.3 Å². The first-order valence-electron chi connectivity index (χ1n) is 6.58. The Balaban J connectivity index is 2.91. The smallest absolute Gasteiger partial charge is 0.242 e. The lowest BCUT2D eigenvalue weighted by atomic mass is 10.0. The van der Waals surface area contributed by atoms with E-state index < -0.39 is 15.6 Å². The Morgan fingerprint density at radius 1 is 1.24 bits per heavy atom. The van der Waals surface area contributed by atoms with Crippen molar-refractivity contribution in [2.45, 2.75) is 37.2 Å². The van der Waals surface area contributed by atoms with Gasteiger partial charge in [0.25, 0.3) is 0 Å². The highest BCUT2D eigenvalue weighted by atomic mass is 32.2. The van der Waals surface area contributed by atoms with Crippen molar-refractivity contribution < 1.29 is 13.2 Å². The highest BCUT2D eigenvalue weighted by Gasteiger charge is 2.24. The normalized spacial score (nSPS) is 14.0. The summed E-state index contributed by atoms with van der Waals surface area (Å²) in [4.78, 5) is 12.0. The average Bonchev–Trinajstić information content (AvgIpc) is 2.37. The first kappa shape index (κ1) is 17.6. The third-order valence-electron chi connectivity index (χ3n) is 3.09. The van der Waals surface area contributed by atoms with Crippen LogP contribution >= 0.6 is 0 Å². The van der Waals surface area contributed by atoms with Crippen molar-refractivity contribution in [1.29, 1.82) is 0 Å². The Morgan fingerprint density at radius 3 is 2.10 bits per heavy atom.